The molecule has 0 unspecified atom stereocenters. The van der Waals surface area contributed by atoms with Crippen LogP contribution < -0.4 is 10.6 Å². The van der Waals surface area contributed by atoms with E-state index in [0.29, 0.717) is 5.69 Å². The molecule has 0 aliphatic heterocycles. The molecule has 7 heteroatoms. The Labute approximate surface area is 151 Å². The number of amides is 2. The van der Waals surface area contributed by atoms with E-state index in [1.165, 1.54) is 18.3 Å². The third-order valence-electron chi connectivity index (χ3n) is 3.35. The minimum atomic E-state index is -0.518. The standard InChI is InChI=1S/C19H21N3O4/c1-4-26-19(25)14-7-5-6-8-15(14)22-17(23)13-9-10-20-16(11-13)18(24)21-12(2)3/h5-12H,4H2,1-3H3,(H,21,24)(H,22,23). The van der Waals surface area contributed by atoms with Crippen LogP contribution in [0.25, 0.3) is 0 Å². The van der Waals surface area contributed by atoms with Gasteiger partial charge in [0, 0.05) is 17.8 Å². The monoisotopic (exact) mass is 355 g/mol. The van der Waals surface area contributed by atoms with Gasteiger partial charge in [-0.25, -0.2) is 4.79 Å². The molecule has 0 fully saturated rings. The van der Waals surface area contributed by atoms with Crippen LogP contribution in [0.5, 0.6) is 0 Å². The van der Waals surface area contributed by atoms with Gasteiger partial charge >= 0.3 is 5.97 Å². The number of hydrogen-bond acceptors (Lipinski definition) is 5. The maximum Gasteiger partial charge on any atom is 0.340 e. The summed E-state index contributed by atoms with van der Waals surface area (Å²) < 4.78 is 4.99. The van der Waals surface area contributed by atoms with E-state index in [0.717, 1.165) is 0 Å². The number of esters is 1. The highest BCUT2D eigenvalue weighted by molar-refractivity contribution is 6.08. The zero-order valence-corrected chi connectivity index (χ0v) is 14.9. The molecule has 2 amide bonds. The van der Waals surface area contributed by atoms with Crippen LogP contribution in [0.3, 0.4) is 0 Å². The average Bonchev–Trinajstić information content (AvgIpc) is 2.62. The first-order chi connectivity index (χ1) is 12.4. The van der Waals surface area contributed by atoms with Crippen LogP contribution in [-0.4, -0.2) is 35.4 Å². The van der Waals surface area contributed by atoms with Crippen molar-refractivity contribution < 1.29 is 19.1 Å². The third-order valence-corrected chi connectivity index (χ3v) is 3.35. The number of aromatic nitrogens is 1. The molecule has 26 heavy (non-hydrogen) atoms. The molecular formula is C19H21N3O4. The Kier molecular flexibility index (Phi) is 6.43. The summed E-state index contributed by atoms with van der Waals surface area (Å²) in [6, 6.07) is 9.42. The zero-order chi connectivity index (χ0) is 19.1. The molecule has 1 aromatic carbocycles. The molecule has 2 aromatic rings. The first-order valence-corrected chi connectivity index (χ1v) is 8.26. The second kappa shape index (κ2) is 8.75. The van der Waals surface area contributed by atoms with Gasteiger partial charge in [-0.15, -0.1) is 0 Å². The minimum Gasteiger partial charge on any atom is -0.462 e. The predicted molar refractivity (Wildman–Crippen MR) is 97.2 cm³/mol. The molecule has 0 radical (unpaired) electrons. The molecule has 0 saturated heterocycles. The average molecular weight is 355 g/mol. The molecule has 0 aliphatic rings. The molecule has 0 spiro atoms. The van der Waals surface area contributed by atoms with Crippen molar-refractivity contribution in [3.05, 3.63) is 59.4 Å². The molecule has 0 aliphatic carbocycles. The van der Waals surface area contributed by atoms with E-state index in [1.54, 1.807) is 31.2 Å². The number of para-hydroxylation sites is 1. The number of hydrogen-bond donors (Lipinski definition) is 2. The van der Waals surface area contributed by atoms with Crippen molar-refractivity contribution in [2.75, 3.05) is 11.9 Å². The minimum absolute atomic E-state index is 0.0433. The summed E-state index contributed by atoms with van der Waals surface area (Å²) in [4.78, 5) is 40.5. The van der Waals surface area contributed by atoms with Crippen molar-refractivity contribution in [2.24, 2.45) is 0 Å². The Balaban J connectivity index is 2.21. The van der Waals surface area contributed by atoms with Crippen LogP contribution in [-0.2, 0) is 4.74 Å². The quantitative estimate of drug-likeness (QED) is 0.777. The second-order valence-corrected chi connectivity index (χ2v) is 5.78. The van der Waals surface area contributed by atoms with E-state index in [1.807, 2.05) is 13.8 Å². The molecule has 2 rings (SSSR count). The van der Waals surface area contributed by atoms with Gasteiger partial charge in [0.25, 0.3) is 11.8 Å². The molecule has 0 atom stereocenters. The number of benzene rings is 1. The summed E-state index contributed by atoms with van der Waals surface area (Å²) in [6.07, 6.45) is 1.39. The van der Waals surface area contributed by atoms with E-state index in [2.05, 4.69) is 15.6 Å². The van der Waals surface area contributed by atoms with Crippen molar-refractivity contribution >= 4 is 23.5 Å². The third kappa shape index (κ3) is 4.89. The van der Waals surface area contributed by atoms with Gasteiger partial charge in [-0.05, 0) is 45.0 Å². The smallest absolute Gasteiger partial charge is 0.340 e. The van der Waals surface area contributed by atoms with Crippen molar-refractivity contribution in [3.63, 3.8) is 0 Å². The molecule has 1 heterocycles. The lowest BCUT2D eigenvalue weighted by molar-refractivity contribution is 0.0527. The van der Waals surface area contributed by atoms with Crippen LogP contribution in [0, 0.1) is 0 Å². The summed E-state index contributed by atoms with van der Waals surface area (Å²) >= 11 is 0. The molecule has 2 N–H and O–H groups in total. The number of carbonyl (C=O) groups is 3. The highest BCUT2D eigenvalue weighted by atomic mass is 16.5. The fourth-order valence-electron chi connectivity index (χ4n) is 2.21. The molecule has 0 bridgehead atoms. The number of pyridine rings is 1. The van der Waals surface area contributed by atoms with E-state index >= 15 is 0 Å². The van der Waals surface area contributed by atoms with Crippen LogP contribution in [0.2, 0.25) is 0 Å². The fourth-order valence-corrected chi connectivity index (χ4v) is 2.21. The lowest BCUT2D eigenvalue weighted by Gasteiger charge is -2.11. The van der Waals surface area contributed by atoms with Crippen molar-refractivity contribution in [2.45, 2.75) is 26.8 Å². The summed E-state index contributed by atoms with van der Waals surface area (Å²) in [5.74, 6) is -1.33. The normalized spacial score (nSPS) is 10.3. The van der Waals surface area contributed by atoms with E-state index in [-0.39, 0.29) is 35.4 Å². The van der Waals surface area contributed by atoms with Crippen LogP contribution >= 0.6 is 0 Å². The maximum atomic E-state index is 12.5. The number of ether oxygens (including phenoxy) is 1. The Hall–Kier alpha value is -3.22. The number of nitrogens with one attached hydrogen (secondary N) is 2. The first-order valence-electron chi connectivity index (χ1n) is 8.26. The van der Waals surface area contributed by atoms with Gasteiger partial charge in [-0.3, -0.25) is 14.6 Å². The van der Waals surface area contributed by atoms with Crippen molar-refractivity contribution in [3.8, 4) is 0 Å². The van der Waals surface area contributed by atoms with E-state index in [4.69, 9.17) is 4.74 Å². The molecular weight excluding hydrogens is 334 g/mol. The van der Waals surface area contributed by atoms with Crippen LogP contribution in [0.4, 0.5) is 5.69 Å². The van der Waals surface area contributed by atoms with Crippen molar-refractivity contribution in [1.82, 2.24) is 10.3 Å². The van der Waals surface area contributed by atoms with Gasteiger partial charge in [0.2, 0.25) is 0 Å². The zero-order valence-electron chi connectivity index (χ0n) is 14.9. The van der Waals surface area contributed by atoms with Gasteiger partial charge in [0.1, 0.15) is 5.69 Å². The Bertz CT molecular complexity index is 818. The lowest BCUT2D eigenvalue weighted by Crippen LogP contribution is -2.31. The fraction of sp³-hybridized carbons (Fsp3) is 0.263. The largest absolute Gasteiger partial charge is 0.462 e. The highest BCUT2D eigenvalue weighted by Gasteiger charge is 2.16. The molecule has 136 valence electrons. The van der Waals surface area contributed by atoms with E-state index < -0.39 is 11.9 Å². The number of nitrogens with zero attached hydrogens (tertiary/aromatic N) is 1. The first kappa shape index (κ1) is 19.1. The van der Waals surface area contributed by atoms with Gasteiger partial charge in [-0.1, -0.05) is 12.1 Å². The number of carbonyl (C=O) groups excluding carboxylic acids is 3. The Morgan fingerprint density at radius 2 is 1.85 bits per heavy atom. The number of anilines is 1. The Morgan fingerprint density at radius 1 is 1.12 bits per heavy atom. The highest BCUT2D eigenvalue weighted by Crippen LogP contribution is 2.17. The maximum absolute atomic E-state index is 12.5. The van der Waals surface area contributed by atoms with E-state index in [9.17, 15) is 14.4 Å². The summed E-state index contributed by atoms with van der Waals surface area (Å²) in [7, 11) is 0. The Morgan fingerprint density at radius 3 is 2.54 bits per heavy atom. The molecule has 0 saturated carbocycles. The topological polar surface area (TPSA) is 97.4 Å². The van der Waals surface area contributed by atoms with Gasteiger partial charge < -0.3 is 15.4 Å². The summed E-state index contributed by atoms with van der Waals surface area (Å²) in [5.41, 5.74) is 0.994. The van der Waals surface area contributed by atoms with Gasteiger partial charge in [-0.2, -0.15) is 0 Å². The number of rotatable bonds is 6. The second-order valence-electron chi connectivity index (χ2n) is 5.78. The summed E-state index contributed by atoms with van der Waals surface area (Å²) in [5, 5.41) is 5.39. The van der Waals surface area contributed by atoms with Gasteiger partial charge in [0.15, 0.2) is 0 Å². The van der Waals surface area contributed by atoms with Crippen molar-refractivity contribution in [1.29, 1.82) is 0 Å². The van der Waals surface area contributed by atoms with Crippen LogP contribution in [0.15, 0.2) is 42.6 Å². The van der Waals surface area contributed by atoms with Gasteiger partial charge in [0.05, 0.1) is 17.9 Å². The molecule has 7 nitrogen and oxygen atoms in total. The lowest BCUT2D eigenvalue weighted by atomic mass is 10.1. The van der Waals surface area contributed by atoms with Crippen LogP contribution in [0.1, 0.15) is 52.0 Å². The predicted octanol–water partition coefficient (Wildman–Crippen LogP) is 2.65. The summed E-state index contributed by atoms with van der Waals surface area (Å²) in [6.45, 7) is 5.61. The SMILES string of the molecule is CCOC(=O)c1ccccc1NC(=O)c1ccnc(C(=O)NC(C)C)c1. The molecule has 1 aromatic heterocycles.